The first-order valence-electron chi connectivity index (χ1n) is 11.1. The SMILES string of the molecule is CCCOC(=O)CCN1C(=O)/C(=C\c2cc(Br)c(OCc3cccc(Br)c3)c(OCC)c2)SC1=S. The van der Waals surface area contributed by atoms with Crippen LogP contribution in [0.2, 0.25) is 0 Å². The molecule has 0 radical (unpaired) electrons. The lowest BCUT2D eigenvalue weighted by Gasteiger charge is -2.15. The predicted molar refractivity (Wildman–Crippen MR) is 150 cm³/mol. The topological polar surface area (TPSA) is 65.1 Å². The number of rotatable bonds is 11. The Labute approximate surface area is 231 Å². The Kier molecular flexibility index (Phi) is 10.6. The standard InChI is InChI=1S/C25H25Br2NO5S2/c1-3-10-32-22(29)8-9-28-24(30)21(35-25(28)34)14-17-12-19(27)23(20(13-17)31-4-2)33-15-16-6-5-7-18(26)11-16/h5-7,11-14H,3-4,8-10,15H2,1-2H3/b21-14+. The highest BCUT2D eigenvalue weighted by Gasteiger charge is 2.32. The molecule has 1 amide bonds. The molecule has 186 valence electrons. The Balaban J connectivity index is 1.75. The van der Waals surface area contributed by atoms with Gasteiger partial charge in [-0.1, -0.05) is 59.0 Å². The van der Waals surface area contributed by atoms with E-state index in [1.807, 2.05) is 50.2 Å². The van der Waals surface area contributed by atoms with Crippen LogP contribution in [0.25, 0.3) is 6.08 Å². The number of nitrogens with zero attached hydrogens (tertiary/aromatic N) is 1. The summed E-state index contributed by atoms with van der Waals surface area (Å²) >= 11 is 13.6. The second-order valence-electron chi connectivity index (χ2n) is 7.49. The molecule has 2 aromatic carbocycles. The van der Waals surface area contributed by atoms with Gasteiger partial charge in [0.25, 0.3) is 5.91 Å². The Morgan fingerprint density at radius 1 is 1.17 bits per heavy atom. The summed E-state index contributed by atoms with van der Waals surface area (Å²) in [7, 11) is 0. The molecule has 0 aromatic heterocycles. The number of thioether (sulfide) groups is 1. The van der Waals surface area contributed by atoms with Gasteiger partial charge in [0.15, 0.2) is 11.5 Å². The molecule has 0 aliphatic carbocycles. The van der Waals surface area contributed by atoms with Crippen molar-refractivity contribution in [2.75, 3.05) is 19.8 Å². The molecule has 0 saturated carbocycles. The van der Waals surface area contributed by atoms with E-state index < -0.39 is 0 Å². The van der Waals surface area contributed by atoms with Crippen LogP contribution in [-0.4, -0.2) is 40.9 Å². The monoisotopic (exact) mass is 641 g/mol. The Morgan fingerprint density at radius 3 is 2.69 bits per heavy atom. The summed E-state index contributed by atoms with van der Waals surface area (Å²) in [5.41, 5.74) is 1.78. The molecule has 1 fully saturated rings. The lowest BCUT2D eigenvalue weighted by Crippen LogP contribution is -2.30. The van der Waals surface area contributed by atoms with Gasteiger partial charge < -0.3 is 14.2 Å². The van der Waals surface area contributed by atoms with Gasteiger partial charge in [-0.2, -0.15) is 0 Å². The molecule has 0 bridgehead atoms. The molecule has 35 heavy (non-hydrogen) atoms. The van der Waals surface area contributed by atoms with Crippen molar-refractivity contribution < 1.29 is 23.8 Å². The molecular weight excluding hydrogens is 618 g/mol. The first-order chi connectivity index (χ1) is 16.8. The number of carbonyl (C=O) groups excluding carboxylic acids is 2. The summed E-state index contributed by atoms with van der Waals surface area (Å²) in [6, 6.07) is 11.6. The van der Waals surface area contributed by atoms with Crippen LogP contribution in [0.15, 0.2) is 50.2 Å². The van der Waals surface area contributed by atoms with Crippen molar-refractivity contribution in [1.82, 2.24) is 4.90 Å². The van der Waals surface area contributed by atoms with Crippen molar-refractivity contribution in [3.63, 3.8) is 0 Å². The fourth-order valence-electron chi connectivity index (χ4n) is 3.19. The van der Waals surface area contributed by atoms with E-state index in [2.05, 4.69) is 31.9 Å². The molecule has 2 aromatic rings. The van der Waals surface area contributed by atoms with Gasteiger partial charge in [0, 0.05) is 11.0 Å². The second kappa shape index (κ2) is 13.4. The van der Waals surface area contributed by atoms with Crippen LogP contribution in [0.4, 0.5) is 0 Å². The van der Waals surface area contributed by atoms with Crippen LogP contribution < -0.4 is 9.47 Å². The van der Waals surface area contributed by atoms with Crippen molar-refractivity contribution in [3.8, 4) is 11.5 Å². The van der Waals surface area contributed by atoms with Crippen LogP contribution in [-0.2, 0) is 20.9 Å². The summed E-state index contributed by atoms with van der Waals surface area (Å²) in [6.07, 6.45) is 2.62. The Hall–Kier alpha value is -1.88. The lowest BCUT2D eigenvalue weighted by atomic mass is 10.1. The van der Waals surface area contributed by atoms with Gasteiger partial charge in [-0.05, 0) is 70.7 Å². The number of ether oxygens (including phenoxy) is 3. The molecule has 0 N–H and O–H groups in total. The summed E-state index contributed by atoms with van der Waals surface area (Å²) < 4.78 is 19.1. The number of halogens is 2. The summed E-state index contributed by atoms with van der Waals surface area (Å²) in [5.74, 6) is 0.584. The van der Waals surface area contributed by atoms with Crippen molar-refractivity contribution >= 4 is 78.1 Å². The molecule has 0 unspecified atom stereocenters. The van der Waals surface area contributed by atoms with E-state index in [1.165, 1.54) is 16.7 Å². The molecule has 0 atom stereocenters. The van der Waals surface area contributed by atoms with Gasteiger partial charge in [0.2, 0.25) is 0 Å². The quantitative estimate of drug-likeness (QED) is 0.153. The number of thiocarbonyl (C=S) groups is 1. The third-order valence-electron chi connectivity index (χ3n) is 4.78. The zero-order chi connectivity index (χ0) is 25.4. The number of hydrogen-bond acceptors (Lipinski definition) is 7. The minimum Gasteiger partial charge on any atom is -0.490 e. The first kappa shape index (κ1) is 27.7. The molecular formula is C25H25Br2NO5S2. The molecule has 10 heteroatoms. The Bertz CT molecular complexity index is 1140. The van der Waals surface area contributed by atoms with Gasteiger partial charge in [0.1, 0.15) is 10.9 Å². The molecule has 1 aliphatic rings. The first-order valence-corrected chi connectivity index (χ1v) is 13.9. The highest BCUT2D eigenvalue weighted by atomic mass is 79.9. The Morgan fingerprint density at radius 2 is 1.97 bits per heavy atom. The van der Waals surface area contributed by atoms with E-state index in [1.54, 1.807) is 6.08 Å². The molecule has 6 nitrogen and oxygen atoms in total. The van der Waals surface area contributed by atoms with Crippen molar-refractivity contribution in [3.05, 3.63) is 61.4 Å². The smallest absolute Gasteiger partial charge is 0.307 e. The van der Waals surface area contributed by atoms with Gasteiger partial charge in [-0.25, -0.2) is 0 Å². The highest BCUT2D eigenvalue weighted by Crippen LogP contribution is 2.40. The van der Waals surface area contributed by atoms with Gasteiger partial charge in [-0.3, -0.25) is 14.5 Å². The van der Waals surface area contributed by atoms with E-state index >= 15 is 0 Å². The average molecular weight is 643 g/mol. The van der Waals surface area contributed by atoms with Crippen LogP contribution in [0.5, 0.6) is 11.5 Å². The third-order valence-corrected chi connectivity index (χ3v) is 7.24. The summed E-state index contributed by atoms with van der Waals surface area (Å²) in [5, 5.41) is 0. The maximum atomic E-state index is 12.9. The zero-order valence-corrected chi connectivity index (χ0v) is 24.1. The minimum absolute atomic E-state index is 0.101. The zero-order valence-electron chi connectivity index (χ0n) is 19.3. The van der Waals surface area contributed by atoms with E-state index in [9.17, 15) is 9.59 Å². The number of hydrogen-bond donors (Lipinski definition) is 0. The summed E-state index contributed by atoms with van der Waals surface area (Å²) in [6.45, 7) is 5.22. The largest absolute Gasteiger partial charge is 0.490 e. The number of esters is 1. The average Bonchev–Trinajstić information content (AvgIpc) is 3.08. The highest BCUT2D eigenvalue weighted by molar-refractivity contribution is 9.10. The second-order valence-corrected chi connectivity index (χ2v) is 10.9. The van der Waals surface area contributed by atoms with Gasteiger partial charge in [0.05, 0.1) is 29.0 Å². The van der Waals surface area contributed by atoms with Gasteiger partial charge >= 0.3 is 5.97 Å². The number of benzene rings is 2. The van der Waals surface area contributed by atoms with E-state index in [-0.39, 0.29) is 24.8 Å². The van der Waals surface area contributed by atoms with E-state index in [4.69, 9.17) is 26.4 Å². The van der Waals surface area contributed by atoms with E-state index in [0.29, 0.717) is 45.0 Å². The lowest BCUT2D eigenvalue weighted by molar-refractivity contribution is -0.143. The maximum Gasteiger partial charge on any atom is 0.307 e. The van der Waals surface area contributed by atoms with Crippen LogP contribution in [0, 0.1) is 0 Å². The molecule has 1 aliphatic heterocycles. The minimum atomic E-state index is -0.339. The molecule has 1 heterocycles. The van der Waals surface area contributed by atoms with Crippen molar-refractivity contribution in [1.29, 1.82) is 0 Å². The third kappa shape index (κ3) is 7.80. The van der Waals surface area contributed by atoms with Crippen molar-refractivity contribution in [2.24, 2.45) is 0 Å². The predicted octanol–water partition coefficient (Wildman–Crippen LogP) is 6.73. The van der Waals surface area contributed by atoms with E-state index in [0.717, 1.165) is 22.0 Å². The van der Waals surface area contributed by atoms with Crippen LogP contribution in [0.3, 0.4) is 0 Å². The summed E-state index contributed by atoms with van der Waals surface area (Å²) in [4.78, 5) is 26.7. The normalized spacial score (nSPS) is 14.5. The van der Waals surface area contributed by atoms with Crippen LogP contribution in [0.1, 0.15) is 37.8 Å². The number of carbonyl (C=O) groups is 2. The van der Waals surface area contributed by atoms with Gasteiger partial charge in [-0.15, -0.1) is 0 Å². The fourth-order valence-corrected chi connectivity index (χ4v) is 5.52. The number of amides is 1. The molecule has 0 spiro atoms. The van der Waals surface area contributed by atoms with Crippen molar-refractivity contribution in [2.45, 2.75) is 33.3 Å². The fraction of sp³-hybridized carbons (Fsp3) is 0.320. The van der Waals surface area contributed by atoms with Crippen LogP contribution >= 0.6 is 55.8 Å². The maximum absolute atomic E-state index is 12.9. The molecule has 3 rings (SSSR count). The molecule has 1 saturated heterocycles.